The van der Waals surface area contributed by atoms with Crippen molar-refractivity contribution in [2.24, 2.45) is 5.41 Å². The van der Waals surface area contributed by atoms with Crippen molar-refractivity contribution in [3.05, 3.63) is 29.8 Å². The highest BCUT2D eigenvalue weighted by Crippen LogP contribution is 2.17. The molecule has 4 nitrogen and oxygen atoms in total. The van der Waals surface area contributed by atoms with Crippen LogP contribution in [-0.4, -0.2) is 50.6 Å². The molecule has 1 saturated heterocycles. The molecule has 1 aliphatic rings. The molecule has 0 atom stereocenters. The van der Waals surface area contributed by atoms with Crippen LogP contribution < -0.4 is 10.2 Å². The summed E-state index contributed by atoms with van der Waals surface area (Å²) in [5.41, 5.74) is 2.26. The van der Waals surface area contributed by atoms with E-state index in [1.807, 2.05) is 20.8 Å². The highest BCUT2D eigenvalue weighted by molar-refractivity contribution is 5.81. The first kappa shape index (κ1) is 16.8. The fourth-order valence-electron chi connectivity index (χ4n) is 2.52. The molecule has 0 aromatic heterocycles. The Kier molecular flexibility index (Phi) is 5.46. The third-order valence-corrected chi connectivity index (χ3v) is 4.19. The summed E-state index contributed by atoms with van der Waals surface area (Å²) in [5, 5.41) is 3.00. The average molecular weight is 303 g/mol. The van der Waals surface area contributed by atoms with Gasteiger partial charge in [0.1, 0.15) is 0 Å². The van der Waals surface area contributed by atoms with Gasteiger partial charge in [0, 0.05) is 43.8 Å². The largest absolute Gasteiger partial charge is 0.369 e. The van der Waals surface area contributed by atoms with E-state index in [2.05, 4.69) is 46.4 Å². The van der Waals surface area contributed by atoms with Crippen LogP contribution in [0.4, 0.5) is 5.69 Å². The first-order valence-electron chi connectivity index (χ1n) is 8.17. The quantitative estimate of drug-likeness (QED) is 0.926. The molecule has 1 aromatic rings. The Hall–Kier alpha value is -1.55. The van der Waals surface area contributed by atoms with Crippen molar-refractivity contribution in [3.63, 3.8) is 0 Å². The van der Waals surface area contributed by atoms with Crippen molar-refractivity contribution in [2.45, 2.75) is 27.2 Å². The van der Waals surface area contributed by atoms with Gasteiger partial charge < -0.3 is 15.1 Å². The molecule has 0 aliphatic carbocycles. The number of benzene rings is 1. The molecule has 122 valence electrons. The smallest absolute Gasteiger partial charge is 0.225 e. The van der Waals surface area contributed by atoms with Gasteiger partial charge >= 0.3 is 0 Å². The fraction of sp³-hybridized carbons (Fsp3) is 0.611. The van der Waals surface area contributed by atoms with Crippen LogP contribution in [0.3, 0.4) is 0 Å². The second-order valence-corrected chi connectivity index (χ2v) is 7.21. The highest BCUT2D eigenvalue weighted by Gasteiger charge is 2.20. The first-order chi connectivity index (χ1) is 10.4. The molecule has 0 bridgehead atoms. The summed E-state index contributed by atoms with van der Waals surface area (Å²) in [4.78, 5) is 16.6. The fourth-order valence-corrected chi connectivity index (χ4v) is 2.52. The first-order valence-corrected chi connectivity index (χ1v) is 8.17. The molecule has 2 rings (SSSR count). The van der Waals surface area contributed by atoms with Gasteiger partial charge in [-0.3, -0.25) is 4.79 Å². The molecule has 0 saturated carbocycles. The molecule has 0 unspecified atom stereocenters. The lowest BCUT2D eigenvalue weighted by Crippen LogP contribution is -2.44. The normalized spacial score (nSPS) is 16.6. The number of anilines is 1. The van der Waals surface area contributed by atoms with E-state index in [1.54, 1.807) is 0 Å². The van der Waals surface area contributed by atoms with Gasteiger partial charge in [0.25, 0.3) is 0 Å². The van der Waals surface area contributed by atoms with Gasteiger partial charge in [-0.25, -0.2) is 0 Å². The summed E-state index contributed by atoms with van der Waals surface area (Å²) in [6, 6.07) is 8.76. The average Bonchev–Trinajstić information content (AvgIpc) is 2.48. The van der Waals surface area contributed by atoms with Gasteiger partial charge in [0.15, 0.2) is 0 Å². The van der Waals surface area contributed by atoms with Gasteiger partial charge in [-0.1, -0.05) is 32.9 Å². The van der Waals surface area contributed by atoms with E-state index in [9.17, 15) is 4.79 Å². The number of carbonyl (C=O) groups excluding carboxylic acids is 1. The zero-order chi connectivity index (χ0) is 16.2. The molecule has 4 heteroatoms. The van der Waals surface area contributed by atoms with E-state index >= 15 is 0 Å². The molecule has 1 aliphatic heterocycles. The Morgan fingerprint density at radius 2 is 1.68 bits per heavy atom. The van der Waals surface area contributed by atoms with Crippen LogP contribution in [0.5, 0.6) is 0 Å². The molecule has 1 N–H and O–H groups in total. The highest BCUT2D eigenvalue weighted by atomic mass is 16.2. The Morgan fingerprint density at radius 3 is 2.23 bits per heavy atom. The summed E-state index contributed by atoms with van der Waals surface area (Å²) in [5.74, 6) is 0.113. The van der Waals surface area contributed by atoms with Crippen LogP contribution in [0, 0.1) is 5.41 Å². The SMILES string of the molecule is CN1CCN(c2ccc(CCNC(=O)C(C)(C)C)cc2)CC1. The number of piperazine rings is 1. The maximum absolute atomic E-state index is 11.8. The van der Waals surface area contributed by atoms with Gasteiger partial charge in [0.05, 0.1) is 0 Å². The third-order valence-electron chi connectivity index (χ3n) is 4.19. The van der Waals surface area contributed by atoms with Crippen molar-refractivity contribution < 1.29 is 4.79 Å². The number of hydrogen-bond acceptors (Lipinski definition) is 3. The minimum Gasteiger partial charge on any atom is -0.369 e. The summed E-state index contributed by atoms with van der Waals surface area (Å²) in [7, 11) is 2.17. The van der Waals surface area contributed by atoms with E-state index in [4.69, 9.17) is 0 Å². The van der Waals surface area contributed by atoms with Crippen LogP contribution in [-0.2, 0) is 11.2 Å². The predicted molar refractivity (Wildman–Crippen MR) is 92.3 cm³/mol. The number of hydrogen-bond donors (Lipinski definition) is 1. The number of carbonyl (C=O) groups is 1. The van der Waals surface area contributed by atoms with Crippen LogP contribution >= 0.6 is 0 Å². The van der Waals surface area contributed by atoms with Crippen molar-refractivity contribution in [3.8, 4) is 0 Å². The Labute approximate surface area is 134 Å². The zero-order valence-corrected chi connectivity index (χ0v) is 14.4. The Balaban J connectivity index is 1.81. The number of nitrogens with zero attached hydrogens (tertiary/aromatic N) is 2. The lowest BCUT2D eigenvalue weighted by atomic mass is 9.95. The van der Waals surface area contributed by atoms with E-state index in [0.717, 1.165) is 32.6 Å². The molecule has 1 amide bonds. The van der Waals surface area contributed by atoms with Crippen molar-refractivity contribution in [1.29, 1.82) is 0 Å². The molecule has 1 aromatic carbocycles. The van der Waals surface area contributed by atoms with Crippen molar-refractivity contribution in [1.82, 2.24) is 10.2 Å². The van der Waals surface area contributed by atoms with Gasteiger partial charge in [-0.05, 0) is 31.2 Å². The number of nitrogens with one attached hydrogen (secondary N) is 1. The van der Waals surface area contributed by atoms with Crippen molar-refractivity contribution in [2.75, 3.05) is 44.7 Å². The summed E-state index contributed by atoms with van der Waals surface area (Å²) in [6.45, 7) is 11.0. The Bertz CT molecular complexity index is 482. The van der Waals surface area contributed by atoms with Crippen molar-refractivity contribution >= 4 is 11.6 Å². The minimum atomic E-state index is -0.314. The second kappa shape index (κ2) is 7.14. The van der Waals surface area contributed by atoms with Crippen LogP contribution in [0.1, 0.15) is 26.3 Å². The predicted octanol–water partition coefficient (Wildman–Crippen LogP) is 2.14. The maximum atomic E-state index is 11.8. The lowest BCUT2D eigenvalue weighted by Gasteiger charge is -2.34. The molecule has 1 heterocycles. The summed E-state index contributed by atoms with van der Waals surface area (Å²) >= 11 is 0. The Morgan fingerprint density at radius 1 is 1.09 bits per heavy atom. The molecule has 0 spiro atoms. The molecule has 0 radical (unpaired) electrons. The summed E-state index contributed by atoms with van der Waals surface area (Å²) in [6.07, 6.45) is 0.880. The summed E-state index contributed by atoms with van der Waals surface area (Å²) < 4.78 is 0. The number of likely N-dealkylation sites (N-methyl/N-ethyl adjacent to an activating group) is 1. The van der Waals surface area contributed by atoms with Gasteiger partial charge in [-0.2, -0.15) is 0 Å². The number of amides is 1. The zero-order valence-electron chi connectivity index (χ0n) is 14.4. The maximum Gasteiger partial charge on any atom is 0.225 e. The van der Waals surface area contributed by atoms with Gasteiger partial charge in [0.2, 0.25) is 5.91 Å². The lowest BCUT2D eigenvalue weighted by molar-refractivity contribution is -0.128. The topological polar surface area (TPSA) is 35.6 Å². The van der Waals surface area contributed by atoms with E-state index in [1.165, 1.54) is 11.3 Å². The molecule has 1 fully saturated rings. The van der Waals surface area contributed by atoms with Gasteiger partial charge in [-0.15, -0.1) is 0 Å². The third kappa shape index (κ3) is 4.73. The minimum absolute atomic E-state index is 0.113. The van der Waals surface area contributed by atoms with E-state index in [-0.39, 0.29) is 11.3 Å². The molecular formula is C18H29N3O. The molecular weight excluding hydrogens is 274 g/mol. The van der Waals surface area contributed by atoms with Crippen LogP contribution in [0.25, 0.3) is 0 Å². The standard InChI is InChI=1S/C18H29N3O/c1-18(2,3)17(22)19-10-9-15-5-7-16(8-6-15)21-13-11-20(4)12-14-21/h5-8H,9-14H2,1-4H3,(H,19,22). The second-order valence-electron chi connectivity index (χ2n) is 7.21. The number of rotatable bonds is 4. The van der Waals surface area contributed by atoms with E-state index < -0.39 is 0 Å². The van der Waals surface area contributed by atoms with E-state index in [0.29, 0.717) is 6.54 Å². The molecule has 22 heavy (non-hydrogen) atoms. The van der Waals surface area contributed by atoms with Crippen LogP contribution in [0.2, 0.25) is 0 Å². The van der Waals surface area contributed by atoms with Crippen LogP contribution in [0.15, 0.2) is 24.3 Å². The monoisotopic (exact) mass is 303 g/mol.